The summed E-state index contributed by atoms with van der Waals surface area (Å²) >= 11 is 0. The van der Waals surface area contributed by atoms with Crippen molar-refractivity contribution in [1.82, 2.24) is 5.32 Å². The fourth-order valence-corrected chi connectivity index (χ4v) is 2.05. The van der Waals surface area contributed by atoms with E-state index in [4.69, 9.17) is 0 Å². The number of hydrogen-bond donors (Lipinski definition) is 2. The van der Waals surface area contributed by atoms with Crippen molar-refractivity contribution in [3.8, 4) is 0 Å². The van der Waals surface area contributed by atoms with Crippen molar-refractivity contribution in [3.05, 3.63) is 35.9 Å². The Labute approximate surface area is 85.0 Å². The summed E-state index contributed by atoms with van der Waals surface area (Å²) in [5.74, 6) is 0. The van der Waals surface area contributed by atoms with Gasteiger partial charge in [0.15, 0.2) is 0 Å². The molecule has 14 heavy (non-hydrogen) atoms. The molecule has 0 aromatic heterocycles. The van der Waals surface area contributed by atoms with E-state index in [0.29, 0.717) is 6.04 Å². The molecule has 0 aliphatic carbocycles. The zero-order chi connectivity index (χ0) is 10.0. The Morgan fingerprint density at radius 1 is 1.36 bits per heavy atom. The molecule has 0 bridgehead atoms. The Balaban J connectivity index is 2.12. The summed E-state index contributed by atoms with van der Waals surface area (Å²) in [4.78, 5) is 0. The minimum atomic E-state index is -0.508. The van der Waals surface area contributed by atoms with Gasteiger partial charge in [-0.3, -0.25) is 0 Å². The summed E-state index contributed by atoms with van der Waals surface area (Å²) in [5.41, 5.74) is 0.763. The van der Waals surface area contributed by atoms with Gasteiger partial charge in [0.25, 0.3) is 0 Å². The van der Waals surface area contributed by atoms with Gasteiger partial charge in [0.1, 0.15) is 0 Å². The van der Waals surface area contributed by atoms with E-state index < -0.39 is 5.60 Å². The maximum atomic E-state index is 9.97. The second kappa shape index (κ2) is 3.71. The van der Waals surface area contributed by atoms with Crippen molar-refractivity contribution >= 4 is 0 Å². The normalized spacial score (nSPS) is 32.9. The van der Waals surface area contributed by atoms with E-state index in [1.54, 1.807) is 0 Å². The van der Waals surface area contributed by atoms with Crippen LogP contribution in [0.25, 0.3) is 0 Å². The maximum Gasteiger partial charge on any atom is 0.0650 e. The van der Waals surface area contributed by atoms with Gasteiger partial charge in [0.05, 0.1) is 5.60 Å². The zero-order valence-electron chi connectivity index (χ0n) is 8.53. The SMILES string of the molecule is C[C@]1(O)CCN[C@@H](c2ccccc2)C1. The molecule has 0 amide bonds. The Kier molecular flexibility index (Phi) is 2.57. The molecule has 1 aromatic carbocycles. The predicted molar refractivity (Wildman–Crippen MR) is 57.0 cm³/mol. The topological polar surface area (TPSA) is 32.3 Å². The van der Waals surface area contributed by atoms with Gasteiger partial charge in [0.2, 0.25) is 0 Å². The monoisotopic (exact) mass is 191 g/mol. The van der Waals surface area contributed by atoms with Crippen LogP contribution in [0.2, 0.25) is 0 Å². The number of piperidine rings is 1. The summed E-state index contributed by atoms with van der Waals surface area (Å²) in [6, 6.07) is 10.6. The van der Waals surface area contributed by atoms with Crippen LogP contribution in [0, 0.1) is 0 Å². The molecule has 1 aliphatic rings. The predicted octanol–water partition coefficient (Wildman–Crippen LogP) is 1.86. The molecule has 0 spiro atoms. The van der Waals surface area contributed by atoms with Crippen LogP contribution in [0.3, 0.4) is 0 Å². The Bertz CT molecular complexity index is 294. The summed E-state index contributed by atoms with van der Waals surface area (Å²) in [6.07, 6.45) is 1.65. The first-order chi connectivity index (χ1) is 6.67. The van der Waals surface area contributed by atoms with Crippen molar-refractivity contribution in [2.24, 2.45) is 0 Å². The van der Waals surface area contributed by atoms with Crippen LogP contribution in [0.4, 0.5) is 0 Å². The van der Waals surface area contributed by atoms with Crippen molar-refractivity contribution in [2.45, 2.75) is 31.4 Å². The van der Waals surface area contributed by atoms with Gasteiger partial charge in [-0.1, -0.05) is 30.3 Å². The summed E-state index contributed by atoms with van der Waals surface area (Å²) in [7, 11) is 0. The second-order valence-corrected chi connectivity index (χ2v) is 4.37. The fraction of sp³-hybridized carbons (Fsp3) is 0.500. The lowest BCUT2D eigenvalue weighted by Crippen LogP contribution is -2.41. The molecular formula is C12H17NO. The van der Waals surface area contributed by atoms with Crippen LogP contribution in [0.5, 0.6) is 0 Å². The van der Waals surface area contributed by atoms with Crippen molar-refractivity contribution in [1.29, 1.82) is 0 Å². The fourth-order valence-electron chi connectivity index (χ4n) is 2.05. The van der Waals surface area contributed by atoms with Crippen LogP contribution in [0.15, 0.2) is 30.3 Å². The Morgan fingerprint density at radius 3 is 2.71 bits per heavy atom. The lowest BCUT2D eigenvalue weighted by molar-refractivity contribution is 0.0132. The third kappa shape index (κ3) is 2.14. The first kappa shape index (κ1) is 9.69. The average molecular weight is 191 g/mol. The van der Waals surface area contributed by atoms with Crippen LogP contribution < -0.4 is 5.32 Å². The van der Waals surface area contributed by atoms with Gasteiger partial charge in [-0.25, -0.2) is 0 Å². The number of hydrogen-bond acceptors (Lipinski definition) is 2. The van der Waals surface area contributed by atoms with Gasteiger partial charge < -0.3 is 10.4 Å². The van der Waals surface area contributed by atoms with Gasteiger partial charge in [-0.05, 0) is 31.9 Å². The molecule has 1 aliphatic heterocycles. The number of rotatable bonds is 1. The highest BCUT2D eigenvalue weighted by atomic mass is 16.3. The highest BCUT2D eigenvalue weighted by Gasteiger charge is 2.29. The van der Waals surface area contributed by atoms with Crippen LogP contribution in [-0.4, -0.2) is 17.3 Å². The Morgan fingerprint density at radius 2 is 2.07 bits per heavy atom. The molecule has 0 radical (unpaired) electrons. The smallest absolute Gasteiger partial charge is 0.0650 e. The molecule has 2 atom stereocenters. The third-order valence-electron chi connectivity index (χ3n) is 2.90. The van der Waals surface area contributed by atoms with Gasteiger partial charge in [0, 0.05) is 6.04 Å². The van der Waals surface area contributed by atoms with E-state index in [-0.39, 0.29) is 0 Å². The minimum absolute atomic E-state index is 0.306. The van der Waals surface area contributed by atoms with E-state index in [1.165, 1.54) is 5.56 Å². The van der Waals surface area contributed by atoms with E-state index >= 15 is 0 Å². The summed E-state index contributed by atoms with van der Waals surface area (Å²) in [6.45, 7) is 2.82. The number of benzene rings is 1. The molecule has 1 heterocycles. The van der Waals surface area contributed by atoms with Crippen molar-refractivity contribution in [2.75, 3.05) is 6.54 Å². The first-order valence-electron chi connectivity index (χ1n) is 5.18. The highest BCUT2D eigenvalue weighted by Crippen LogP contribution is 2.29. The van der Waals surface area contributed by atoms with Crippen LogP contribution in [0.1, 0.15) is 31.4 Å². The van der Waals surface area contributed by atoms with Gasteiger partial charge >= 0.3 is 0 Å². The summed E-state index contributed by atoms with van der Waals surface area (Å²) < 4.78 is 0. The molecule has 0 saturated carbocycles. The third-order valence-corrected chi connectivity index (χ3v) is 2.90. The van der Waals surface area contributed by atoms with E-state index in [9.17, 15) is 5.11 Å². The van der Waals surface area contributed by atoms with Crippen LogP contribution in [-0.2, 0) is 0 Å². The van der Waals surface area contributed by atoms with E-state index in [2.05, 4.69) is 17.4 Å². The van der Waals surface area contributed by atoms with Crippen molar-refractivity contribution in [3.63, 3.8) is 0 Å². The maximum absolute atomic E-state index is 9.97. The summed E-state index contributed by atoms with van der Waals surface area (Å²) in [5, 5.41) is 13.4. The van der Waals surface area contributed by atoms with E-state index in [0.717, 1.165) is 19.4 Å². The quantitative estimate of drug-likeness (QED) is 0.710. The minimum Gasteiger partial charge on any atom is -0.390 e. The molecule has 2 nitrogen and oxygen atoms in total. The standard InChI is InChI=1S/C12H17NO/c1-12(14)7-8-13-11(9-12)10-5-3-2-4-6-10/h2-6,11,13-14H,7-9H2,1H3/t11-,12+/m1/s1. The van der Waals surface area contributed by atoms with Crippen LogP contribution >= 0.6 is 0 Å². The molecule has 2 heteroatoms. The average Bonchev–Trinajstić information content (AvgIpc) is 2.18. The molecule has 0 unspecified atom stereocenters. The lowest BCUT2D eigenvalue weighted by atomic mass is 9.86. The first-order valence-corrected chi connectivity index (χ1v) is 5.18. The molecular weight excluding hydrogens is 174 g/mol. The largest absolute Gasteiger partial charge is 0.390 e. The Hall–Kier alpha value is -0.860. The van der Waals surface area contributed by atoms with Crippen molar-refractivity contribution < 1.29 is 5.11 Å². The number of nitrogens with one attached hydrogen (secondary N) is 1. The molecule has 2 rings (SSSR count). The molecule has 1 saturated heterocycles. The van der Waals surface area contributed by atoms with Gasteiger partial charge in [-0.2, -0.15) is 0 Å². The molecule has 1 aromatic rings. The number of aliphatic hydroxyl groups is 1. The molecule has 76 valence electrons. The van der Waals surface area contributed by atoms with E-state index in [1.807, 2.05) is 25.1 Å². The zero-order valence-corrected chi connectivity index (χ0v) is 8.53. The molecule has 1 fully saturated rings. The second-order valence-electron chi connectivity index (χ2n) is 4.37. The lowest BCUT2D eigenvalue weighted by Gasteiger charge is -2.35. The van der Waals surface area contributed by atoms with Gasteiger partial charge in [-0.15, -0.1) is 0 Å². The molecule has 2 N–H and O–H groups in total. The highest BCUT2D eigenvalue weighted by molar-refractivity contribution is 5.20.